The summed E-state index contributed by atoms with van der Waals surface area (Å²) in [5.41, 5.74) is 0.403. The molecule has 1 aliphatic heterocycles. The molecular formula is C14H16N2O4S. The maximum atomic E-state index is 12.5. The summed E-state index contributed by atoms with van der Waals surface area (Å²) in [6, 6.07) is 7.70. The molecule has 1 saturated heterocycles. The van der Waals surface area contributed by atoms with E-state index in [4.69, 9.17) is 10.00 Å². The molecule has 1 aromatic rings. The van der Waals surface area contributed by atoms with Crippen molar-refractivity contribution in [3.63, 3.8) is 0 Å². The number of esters is 1. The van der Waals surface area contributed by atoms with Crippen LogP contribution in [0, 0.1) is 17.2 Å². The monoisotopic (exact) mass is 308 g/mol. The molecule has 0 radical (unpaired) electrons. The zero-order chi connectivity index (χ0) is 15.5. The average molecular weight is 308 g/mol. The lowest BCUT2D eigenvalue weighted by atomic mass is 10.0. The van der Waals surface area contributed by atoms with Gasteiger partial charge in [0.15, 0.2) is 0 Å². The summed E-state index contributed by atoms with van der Waals surface area (Å²) in [5, 5.41) is 8.74. The normalized spacial score (nSPS) is 19.7. The Hall–Kier alpha value is -1.91. The zero-order valence-corrected chi connectivity index (χ0v) is 12.5. The van der Waals surface area contributed by atoms with Crippen molar-refractivity contribution in [1.82, 2.24) is 4.31 Å². The Balaban J connectivity index is 2.22. The average Bonchev–Trinajstić information content (AvgIpc) is 2.54. The molecule has 2 rings (SSSR count). The third kappa shape index (κ3) is 3.23. The summed E-state index contributed by atoms with van der Waals surface area (Å²) >= 11 is 0. The summed E-state index contributed by atoms with van der Waals surface area (Å²) in [5.74, 6) is -0.799. The first-order valence-corrected chi connectivity index (χ1v) is 8.01. The van der Waals surface area contributed by atoms with E-state index >= 15 is 0 Å². The highest BCUT2D eigenvalue weighted by atomic mass is 32.2. The van der Waals surface area contributed by atoms with Gasteiger partial charge in [0.2, 0.25) is 10.0 Å². The van der Waals surface area contributed by atoms with Crippen molar-refractivity contribution in [2.24, 2.45) is 5.92 Å². The number of methoxy groups -OCH3 is 1. The van der Waals surface area contributed by atoms with E-state index in [1.54, 1.807) is 0 Å². The van der Waals surface area contributed by atoms with Gasteiger partial charge in [-0.05, 0) is 37.1 Å². The largest absolute Gasteiger partial charge is 0.469 e. The van der Waals surface area contributed by atoms with E-state index in [1.807, 2.05) is 6.07 Å². The smallest absolute Gasteiger partial charge is 0.309 e. The fourth-order valence-corrected chi connectivity index (χ4v) is 3.89. The standard InChI is InChI=1S/C14H16N2O4S/c1-20-14(17)12-3-2-8-16(10-12)21(18,19)13-6-4-11(9-15)5-7-13/h4-7,12H,2-3,8,10H2,1H3. The molecule has 1 unspecified atom stereocenters. The quantitative estimate of drug-likeness (QED) is 0.781. The second kappa shape index (κ2) is 6.24. The summed E-state index contributed by atoms with van der Waals surface area (Å²) in [7, 11) is -2.34. The number of hydrogen-bond donors (Lipinski definition) is 0. The zero-order valence-electron chi connectivity index (χ0n) is 11.7. The van der Waals surface area contributed by atoms with Crippen LogP contribution < -0.4 is 0 Å². The molecule has 0 bridgehead atoms. The molecular weight excluding hydrogens is 292 g/mol. The summed E-state index contributed by atoms with van der Waals surface area (Å²) < 4.78 is 31.1. The fraction of sp³-hybridized carbons (Fsp3) is 0.429. The van der Waals surface area contributed by atoms with Crippen LogP contribution in [0.3, 0.4) is 0 Å². The number of carbonyl (C=O) groups excluding carboxylic acids is 1. The van der Waals surface area contributed by atoms with Gasteiger partial charge in [0, 0.05) is 13.1 Å². The molecule has 1 heterocycles. The van der Waals surface area contributed by atoms with Crippen LogP contribution in [0.4, 0.5) is 0 Å². The molecule has 0 amide bonds. The first kappa shape index (κ1) is 15.5. The minimum absolute atomic E-state index is 0.131. The third-order valence-electron chi connectivity index (χ3n) is 3.54. The van der Waals surface area contributed by atoms with E-state index < -0.39 is 15.9 Å². The number of benzene rings is 1. The molecule has 0 aliphatic carbocycles. The number of ether oxygens (including phenoxy) is 1. The van der Waals surface area contributed by atoms with Gasteiger partial charge in [-0.25, -0.2) is 8.42 Å². The van der Waals surface area contributed by atoms with Gasteiger partial charge in [0.25, 0.3) is 0 Å². The van der Waals surface area contributed by atoms with Gasteiger partial charge in [0.1, 0.15) is 0 Å². The van der Waals surface area contributed by atoms with E-state index in [2.05, 4.69) is 0 Å². The highest BCUT2D eigenvalue weighted by molar-refractivity contribution is 7.89. The van der Waals surface area contributed by atoms with Gasteiger partial charge < -0.3 is 4.74 Å². The minimum atomic E-state index is -3.65. The van der Waals surface area contributed by atoms with Crippen molar-refractivity contribution in [3.05, 3.63) is 29.8 Å². The van der Waals surface area contributed by atoms with E-state index in [9.17, 15) is 13.2 Å². The van der Waals surface area contributed by atoms with Crippen LogP contribution in [-0.4, -0.2) is 38.9 Å². The van der Waals surface area contributed by atoms with Crippen LogP contribution in [0.2, 0.25) is 0 Å². The topological polar surface area (TPSA) is 87.5 Å². The van der Waals surface area contributed by atoms with Crippen LogP contribution in [0.25, 0.3) is 0 Å². The SMILES string of the molecule is COC(=O)C1CCCN(S(=O)(=O)c2ccc(C#N)cc2)C1. The van der Waals surface area contributed by atoms with Crippen LogP contribution in [0.1, 0.15) is 18.4 Å². The van der Waals surface area contributed by atoms with Crippen LogP contribution >= 0.6 is 0 Å². The molecule has 1 aliphatic rings. The number of nitriles is 1. The first-order chi connectivity index (χ1) is 9.98. The Labute approximate surface area is 124 Å². The van der Waals surface area contributed by atoms with Gasteiger partial charge in [-0.3, -0.25) is 4.79 Å². The van der Waals surface area contributed by atoms with E-state index in [1.165, 1.54) is 35.7 Å². The lowest BCUT2D eigenvalue weighted by Gasteiger charge is -2.30. The van der Waals surface area contributed by atoms with Gasteiger partial charge in [-0.2, -0.15) is 9.57 Å². The molecule has 6 nitrogen and oxygen atoms in total. The fourth-order valence-electron chi connectivity index (χ4n) is 2.37. The molecule has 0 spiro atoms. The van der Waals surface area contributed by atoms with Crippen molar-refractivity contribution in [2.75, 3.05) is 20.2 Å². The Morgan fingerprint density at radius 1 is 1.38 bits per heavy atom. The molecule has 112 valence electrons. The molecule has 7 heteroatoms. The number of carbonyl (C=O) groups is 1. The number of piperidine rings is 1. The molecule has 21 heavy (non-hydrogen) atoms. The lowest BCUT2D eigenvalue weighted by Crippen LogP contribution is -2.42. The van der Waals surface area contributed by atoms with Gasteiger partial charge in [-0.1, -0.05) is 0 Å². The molecule has 1 atom stereocenters. The second-order valence-corrected chi connectivity index (χ2v) is 6.80. The number of hydrogen-bond acceptors (Lipinski definition) is 5. The van der Waals surface area contributed by atoms with Crippen LogP contribution in [0.5, 0.6) is 0 Å². The molecule has 0 aromatic heterocycles. The predicted octanol–water partition coefficient (Wildman–Crippen LogP) is 1.13. The van der Waals surface area contributed by atoms with Crippen LogP contribution in [0.15, 0.2) is 29.2 Å². The van der Waals surface area contributed by atoms with Crippen molar-refractivity contribution >= 4 is 16.0 Å². The Bertz CT molecular complexity index is 661. The highest BCUT2D eigenvalue weighted by Gasteiger charge is 2.33. The van der Waals surface area contributed by atoms with Crippen LogP contribution in [-0.2, 0) is 19.6 Å². The second-order valence-electron chi connectivity index (χ2n) is 4.86. The Kier molecular flexibility index (Phi) is 4.60. The molecule has 1 aromatic carbocycles. The first-order valence-electron chi connectivity index (χ1n) is 6.57. The Morgan fingerprint density at radius 2 is 2.05 bits per heavy atom. The van der Waals surface area contributed by atoms with Gasteiger partial charge >= 0.3 is 5.97 Å². The molecule has 0 N–H and O–H groups in total. The number of rotatable bonds is 3. The maximum absolute atomic E-state index is 12.5. The highest BCUT2D eigenvalue weighted by Crippen LogP contribution is 2.24. The lowest BCUT2D eigenvalue weighted by molar-refractivity contribution is -0.146. The van der Waals surface area contributed by atoms with E-state index in [0.29, 0.717) is 24.9 Å². The summed E-state index contributed by atoms with van der Waals surface area (Å²) in [6.07, 6.45) is 1.25. The van der Waals surface area contributed by atoms with Crippen molar-refractivity contribution in [2.45, 2.75) is 17.7 Å². The summed E-state index contributed by atoms with van der Waals surface area (Å²) in [6.45, 7) is 0.519. The van der Waals surface area contributed by atoms with E-state index in [0.717, 1.165) is 0 Å². The number of nitrogens with zero attached hydrogens (tertiary/aromatic N) is 2. The van der Waals surface area contributed by atoms with Gasteiger partial charge in [-0.15, -0.1) is 0 Å². The van der Waals surface area contributed by atoms with Crippen molar-refractivity contribution in [3.8, 4) is 6.07 Å². The molecule has 1 fully saturated rings. The van der Waals surface area contributed by atoms with E-state index in [-0.39, 0.29) is 17.4 Å². The summed E-state index contributed by atoms with van der Waals surface area (Å²) in [4.78, 5) is 11.7. The maximum Gasteiger partial charge on any atom is 0.309 e. The minimum Gasteiger partial charge on any atom is -0.469 e. The predicted molar refractivity (Wildman–Crippen MR) is 74.7 cm³/mol. The van der Waals surface area contributed by atoms with Gasteiger partial charge in [0.05, 0.1) is 29.6 Å². The molecule has 0 saturated carbocycles. The third-order valence-corrected chi connectivity index (χ3v) is 5.42. The van der Waals surface area contributed by atoms with Crippen molar-refractivity contribution in [1.29, 1.82) is 5.26 Å². The van der Waals surface area contributed by atoms with Crippen molar-refractivity contribution < 1.29 is 17.9 Å². The number of sulfonamides is 1. The Morgan fingerprint density at radius 3 is 2.62 bits per heavy atom.